The minimum Gasteiger partial charge on any atom is -0.444 e. The van der Waals surface area contributed by atoms with Crippen LogP contribution in [-0.2, 0) is 16.0 Å². The lowest BCUT2D eigenvalue weighted by Gasteiger charge is -2.26. The van der Waals surface area contributed by atoms with Gasteiger partial charge in [0.2, 0.25) is 0 Å². The van der Waals surface area contributed by atoms with Gasteiger partial charge in [0.25, 0.3) is 5.91 Å². The number of aromatic amines is 2. The van der Waals surface area contributed by atoms with Crippen molar-refractivity contribution in [3.05, 3.63) is 47.5 Å². The van der Waals surface area contributed by atoms with E-state index in [4.69, 9.17) is 14.5 Å². The summed E-state index contributed by atoms with van der Waals surface area (Å²) >= 11 is 0. The zero-order valence-corrected chi connectivity index (χ0v) is 22.6. The van der Waals surface area contributed by atoms with E-state index < -0.39 is 11.7 Å². The molecule has 4 N–H and O–H groups in total. The first-order valence-electron chi connectivity index (χ1n) is 13.3. The lowest BCUT2D eigenvalue weighted by Crippen LogP contribution is -2.35. The van der Waals surface area contributed by atoms with Crippen LogP contribution in [0.2, 0.25) is 0 Å². The largest absolute Gasteiger partial charge is 0.444 e. The number of amides is 2. The van der Waals surface area contributed by atoms with E-state index in [-0.39, 0.29) is 5.91 Å². The summed E-state index contributed by atoms with van der Waals surface area (Å²) < 4.78 is 10.7. The Kier molecular flexibility index (Phi) is 7.80. The van der Waals surface area contributed by atoms with Gasteiger partial charge in [-0.3, -0.25) is 14.8 Å². The third-order valence-corrected chi connectivity index (χ3v) is 6.41. The van der Waals surface area contributed by atoms with Gasteiger partial charge in [0, 0.05) is 43.7 Å². The summed E-state index contributed by atoms with van der Waals surface area (Å²) in [5.74, 6) is 0.448. The first-order valence-corrected chi connectivity index (χ1v) is 13.3. The van der Waals surface area contributed by atoms with Gasteiger partial charge in [-0.25, -0.2) is 9.78 Å². The number of morpholine rings is 1. The van der Waals surface area contributed by atoms with Gasteiger partial charge in [-0.2, -0.15) is 5.10 Å². The molecule has 5 rings (SSSR count). The Hall–Kier alpha value is -3.96. The van der Waals surface area contributed by atoms with Gasteiger partial charge in [0.1, 0.15) is 11.3 Å². The van der Waals surface area contributed by atoms with E-state index >= 15 is 0 Å². The summed E-state index contributed by atoms with van der Waals surface area (Å²) in [5, 5.41) is 13.9. The molecule has 0 radical (unpaired) electrons. The average Bonchev–Trinajstić information content (AvgIpc) is 3.51. The number of nitrogens with one attached hydrogen (secondary N) is 4. The number of hydrogen-bond acceptors (Lipinski definition) is 7. The van der Waals surface area contributed by atoms with Crippen LogP contribution in [0.4, 0.5) is 4.79 Å². The monoisotopic (exact) mass is 533 g/mol. The quantitative estimate of drug-likeness (QED) is 0.254. The molecule has 2 aromatic carbocycles. The minimum atomic E-state index is -0.544. The van der Waals surface area contributed by atoms with Crippen molar-refractivity contribution in [1.29, 1.82) is 0 Å². The summed E-state index contributed by atoms with van der Waals surface area (Å²) in [6.45, 7) is 10.5. The zero-order valence-electron chi connectivity index (χ0n) is 22.6. The predicted molar refractivity (Wildman–Crippen MR) is 148 cm³/mol. The zero-order chi connectivity index (χ0) is 27.4. The highest BCUT2D eigenvalue weighted by Crippen LogP contribution is 2.27. The maximum atomic E-state index is 12.8. The number of rotatable bonds is 8. The Morgan fingerprint density at radius 3 is 2.64 bits per heavy atom. The number of aromatic nitrogens is 4. The second kappa shape index (κ2) is 11.4. The Morgan fingerprint density at radius 1 is 1.05 bits per heavy atom. The molecule has 0 bridgehead atoms. The van der Waals surface area contributed by atoms with Gasteiger partial charge in [-0.05, 0) is 63.1 Å². The smallest absolute Gasteiger partial charge is 0.407 e. The molecule has 0 spiro atoms. The minimum absolute atomic E-state index is 0.196. The van der Waals surface area contributed by atoms with Crippen molar-refractivity contribution in [2.24, 2.45) is 0 Å². The number of H-pyrrole nitrogens is 2. The van der Waals surface area contributed by atoms with Crippen molar-refractivity contribution in [3.8, 4) is 11.5 Å². The molecule has 4 aromatic rings. The number of hydrogen-bond donors (Lipinski definition) is 4. The predicted octanol–water partition coefficient (Wildman–Crippen LogP) is 3.58. The molecule has 1 fully saturated rings. The highest BCUT2D eigenvalue weighted by molar-refractivity contribution is 6.01. The van der Waals surface area contributed by atoms with Crippen LogP contribution in [0.15, 0.2) is 36.4 Å². The number of carbonyl (C=O) groups is 2. The highest BCUT2D eigenvalue weighted by atomic mass is 16.6. The molecular weight excluding hydrogens is 498 g/mol. The standard InChI is InChI=1S/C28H35N7O4/c1-28(2,3)39-27(37)30-10-4-9-29-26(36)19-6-8-21-20(16-19)24(34-33-21)25-31-22-7-5-18(15-23(22)32-25)17-35-11-13-38-14-12-35/h5-8,15-16H,4,9-14,17H2,1-3H3,(H,29,36)(H,30,37)(H,31,32)(H,33,34). The van der Waals surface area contributed by atoms with E-state index in [0.29, 0.717) is 36.6 Å². The van der Waals surface area contributed by atoms with Crippen LogP contribution < -0.4 is 10.6 Å². The van der Waals surface area contributed by atoms with Gasteiger partial charge in [0.05, 0.1) is 29.8 Å². The number of imidazole rings is 1. The van der Waals surface area contributed by atoms with E-state index in [2.05, 4.69) is 42.8 Å². The van der Waals surface area contributed by atoms with Crippen LogP contribution in [0.5, 0.6) is 0 Å². The molecule has 0 aliphatic carbocycles. The van der Waals surface area contributed by atoms with Crippen LogP contribution in [0.3, 0.4) is 0 Å². The molecule has 1 saturated heterocycles. The second-order valence-electron chi connectivity index (χ2n) is 10.7. The van der Waals surface area contributed by atoms with E-state index in [1.54, 1.807) is 6.07 Å². The Morgan fingerprint density at radius 2 is 1.85 bits per heavy atom. The number of fused-ring (bicyclic) bond motifs is 2. The van der Waals surface area contributed by atoms with Gasteiger partial charge in [-0.15, -0.1) is 0 Å². The lowest BCUT2D eigenvalue weighted by molar-refractivity contribution is 0.0342. The Labute approximate surface area is 226 Å². The van der Waals surface area contributed by atoms with E-state index in [0.717, 1.165) is 54.8 Å². The molecule has 0 unspecified atom stereocenters. The first-order chi connectivity index (χ1) is 18.7. The van der Waals surface area contributed by atoms with Crippen LogP contribution >= 0.6 is 0 Å². The second-order valence-corrected chi connectivity index (χ2v) is 10.7. The fourth-order valence-electron chi connectivity index (χ4n) is 4.52. The van der Waals surface area contributed by atoms with Gasteiger partial charge >= 0.3 is 6.09 Å². The lowest BCUT2D eigenvalue weighted by atomic mass is 10.1. The molecular formula is C28H35N7O4. The van der Waals surface area contributed by atoms with Gasteiger partial charge in [-0.1, -0.05) is 6.07 Å². The van der Waals surface area contributed by atoms with Crippen LogP contribution in [0.1, 0.15) is 43.1 Å². The molecule has 3 heterocycles. The number of nitrogens with zero attached hydrogens (tertiary/aromatic N) is 3. The van der Waals surface area contributed by atoms with Crippen LogP contribution in [0, 0.1) is 0 Å². The third kappa shape index (κ3) is 6.73. The van der Waals surface area contributed by atoms with E-state index in [1.807, 2.05) is 39.0 Å². The van der Waals surface area contributed by atoms with Crippen molar-refractivity contribution in [2.45, 2.75) is 39.3 Å². The van der Waals surface area contributed by atoms with Crippen molar-refractivity contribution >= 4 is 33.9 Å². The molecule has 2 aromatic heterocycles. The number of carbonyl (C=O) groups excluding carboxylic acids is 2. The highest BCUT2D eigenvalue weighted by Gasteiger charge is 2.17. The number of alkyl carbamates (subject to hydrolysis) is 1. The maximum absolute atomic E-state index is 12.8. The van der Waals surface area contributed by atoms with E-state index in [1.165, 1.54) is 5.56 Å². The maximum Gasteiger partial charge on any atom is 0.407 e. The molecule has 206 valence electrons. The van der Waals surface area contributed by atoms with Gasteiger partial charge in [0.15, 0.2) is 5.82 Å². The molecule has 39 heavy (non-hydrogen) atoms. The summed E-state index contributed by atoms with van der Waals surface area (Å²) in [5.41, 5.74) is 4.48. The molecule has 1 aliphatic heterocycles. The molecule has 11 nitrogen and oxygen atoms in total. The van der Waals surface area contributed by atoms with Crippen molar-refractivity contribution in [3.63, 3.8) is 0 Å². The molecule has 2 amide bonds. The molecule has 1 aliphatic rings. The van der Waals surface area contributed by atoms with Crippen molar-refractivity contribution in [1.82, 2.24) is 35.7 Å². The Bertz CT molecular complexity index is 1460. The van der Waals surface area contributed by atoms with Crippen LogP contribution in [0.25, 0.3) is 33.5 Å². The van der Waals surface area contributed by atoms with Crippen molar-refractivity contribution < 1.29 is 19.1 Å². The summed E-state index contributed by atoms with van der Waals surface area (Å²) in [6.07, 6.45) is 0.113. The SMILES string of the molecule is CC(C)(C)OC(=O)NCCCNC(=O)c1ccc2[nH]nc(-c3nc4ccc(CN5CCOCC5)cc4[nH]3)c2c1. The number of benzene rings is 2. The first kappa shape index (κ1) is 26.6. The third-order valence-electron chi connectivity index (χ3n) is 6.41. The van der Waals surface area contributed by atoms with Crippen LogP contribution in [-0.4, -0.2) is 82.1 Å². The fraction of sp³-hybridized carbons (Fsp3) is 0.429. The summed E-state index contributed by atoms with van der Waals surface area (Å²) in [6, 6.07) is 11.7. The molecule has 0 saturated carbocycles. The van der Waals surface area contributed by atoms with Crippen molar-refractivity contribution in [2.75, 3.05) is 39.4 Å². The molecule has 11 heteroatoms. The normalized spacial score (nSPS) is 14.5. The summed E-state index contributed by atoms with van der Waals surface area (Å²) in [7, 11) is 0. The Balaban J connectivity index is 1.23. The summed E-state index contributed by atoms with van der Waals surface area (Å²) in [4.78, 5) is 35.1. The van der Waals surface area contributed by atoms with E-state index in [9.17, 15) is 9.59 Å². The average molecular weight is 534 g/mol. The molecule has 0 atom stereocenters. The number of ether oxygens (including phenoxy) is 2. The van der Waals surface area contributed by atoms with Gasteiger partial charge < -0.3 is 25.1 Å². The topological polar surface area (TPSA) is 137 Å². The fourth-order valence-corrected chi connectivity index (χ4v) is 4.52.